The number of aliphatic hydroxyl groups excluding tert-OH is 1. The number of aliphatic hydroxyl groups is 1. The molecule has 27 heavy (non-hydrogen) atoms. The van der Waals surface area contributed by atoms with Gasteiger partial charge in [0.2, 0.25) is 5.91 Å². The van der Waals surface area contributed by atoms with Crippen molar-refractivity contribution in [1.82, 2.24) is 25.1 Å². The average molecular weight is 369 g/mol. The first-order valence-electron chi connectivity index (χ1n) is 9.98. The molecule has 2 N–H and O–H groups in total. The average Bonchev–Trinajstić information content (AvgIpc) is 3.20. The Balaban J connectivity index is 1.28. The zero-order valence-electron chi connectivity index (χ0n) is 15.5. The molecule has 2 heterocycles. The minimum absolute atomic E-state index is 0.0765. The third-order valence-corrected chi connectivity index (χ3v) is 5.96. The Bertz CT molecular complexity index is 747. The minimum atomic E-state index is -0.217. The number of rotatable bonds is 4. The Kier molecular flexibility index (Phi) is 5.48. The van der Waals surface area contributed by atoms with Crippen LogP contribution in [0.25, 0.3) is 11.3 Å². The molecule has 2 aromatic rings. The van der Waals surface area contributed by atoms with Gasteiger partial charge < -0.3 is 10.4 Å². The number of carbonyl (C=O) groups is 1. The molecule has 0 radical (unpaired) electrons. The molecule has 0 spiro atoms. The second kappa shape index (κ2) is 8.17. The van der Waals surface area contributed by atoms with Crippen LogP contribution in [0.15, 0.2) is 31.0 Å². The van der Waals surface area contributed by atoms with Crippen LogP contribution in [0.1, 0.15) is 57.4 Å². The van der Waals surface area contributed by atoms with E-state index in [1.807, 2.05) is 16.9 Å². The van der Waals surface area contributed by atoms with Crippen LogP contribution < -0.4 is 5.32 Å². The van der Waals surface area contributed by atoms with Crippen molar-refractivity contribution < 1.29 is 9.90 Å². The normalized spacial score (nSPS) is 28.6. The lowest BCUT2D eigenvalue weighted by molar-refractivity contribution is -0.127. The van der Waals surface area contributed by atoms with Crippen molar-refractivity contribution in [2.75, 3.05) is 0 Å². The molecular weight excluding hydrogens is 342 g/mol. The smallest absolute Gasteiger partial charge is 0.223 e. The van der Waals surface area contributed by atoms with Crippen molar-refractivity contribution in [3.05, 3.63) is 31.0 Å². The molecule has 1 amide bonds. The first-order valence-corrected chi connectivity index (χ1v) is 9.98. The highest BCUT2D eigenvalue weighted by molar-refractivity contribution is 5.79. The molecule has 0 bridgehead atoms. The summed E-state index contributed by atoms with van der Waals surface area (Å²) in [5, 5.41) is 17.4. The summed E-state index contributed by atoms with van der Waals surface area (Å²) in [6, 6.07) is 2.52. The van der Waals surface area contributed by atoms with Gasteiger partial charge in [-0.15, -0.1) is 0 Å². The van der Waals surface area contributed by atoms with E-state index in [1.54, 1.807) is 12.5 Å². The number of nitrogens with zero attached hydrogens (tertiary/aromatic N) is 4. The Labute approximate surface area is 159 Å². The molecule has 0 aromatic carbocycles. The van der Waals surface area contributed by atoms with E-state index in [4.69, 9.17) is 0 Å². The van der Waals surface area contributed by atoms with Gasteiger partial charge in [0, 0.05) is 29.9 Å². The van der Waals surface area contributed by atoms with Crippen molar-refractivity contribution in [1.29, 1.82) is 0 Å². The van der Waals surface area contributed by atoms with E-state index < -0.39 is 0 Å². The van der Waals surface area contributed by atoms with Crippen LogP contribution in [0.2, 0.25) is 0 Å². The molecule has 144 valence electrons. The third kappa shape index (κ3) is 4.35. The van der Waals surface area contributed by atoms with Gasteiger partial charge in [0.05, 0.1) is 24.0 Å². The lowest BCUT2D eigenvalue weighted by Crippen LogP contribution is -2.42. The summed E-state index contributed by atoms with van der Waals surface area (Å²) in [7, 11) is 0. The maximum atomic E-state index is 12.5. The van der Waals surface area contributed by atoms with Gasteiger partial charge in [0.25, 0.3) is 0 Å². The molecule has 0 aliphatic heterocycles. The third-order valence-electron chi connectivity index (χ3n) is 5.96. The van der Waals surface area contributed by atoms with Crippen LogP contribution in [-0.4, -0.2) is 42.9 Å². The Morgan fingerprint density at radius 3 is 2.59 bits per heavy atom. The van der Waals surface area contributed by atoms with Gasteiger partial charge >= 0.3 is 0 Å². The van der Waals surface area contributed by atoms with Gasteiger partial charge in [0.1, 0.15) is 6.33 Å². The van der Waals surface area contributed by atoms with Crippen molar-refractivity contribution in [3.63, 3.8) is 0 Å². The second-order valence-electron chi connectivity index (χ2n) is 7.82. The topological polar surface area (TPSA) is 92.9 Å². The van der Waals surface area contributed by atoms with Crippen molar-refractivity contribution in [3.8, 4) is 11.3 Å². The van der Waals surface area contributed by atoms with Gasteiger partial charge in [-0.2, -0.15) is 5.10 Å². The van der Waals surface area contributed by atoms with Crippen LogP contribution in [-0.2, 0) is 4.79 Å². The molecule has 2 fully saturated rings. The molecule has 4 rings (SSSR count). The van der Waals surface area contributed by atoms with E-state index >= 15 is 0 Å². The fourth-order valence-electron chi connectivity index (χ4n) is 4.27. The SMILES string of the molecule is O=C(NC1CCC(n2cc(-c3ccncn3)cn2)CC1)C1CCC(O)CC1. The summed E-state index contributed by atoms with van der Waals surface area (Å²) < 4.78 is 2.04. The molecule has 2 aliphatic carbocycles. The Morgan fingerprint density at radius 2 is 1.89 bits per heavy atom. The Hall–Kier alpha value is -2.28. The number of carbonyl (C=O) groups excluding carboxylic acids is 1. The monoisotopic (exact) mass is 369 g/mol. The maximum Gasteiger partial charge on any atom is 0.223 e. The number of amides is 1. The molecule has 2 saturated carbocycles. The van der Waals surface area contributed by atoms with Gasteiger partial charge in [-0.3, -0.25) is 9.48 Å². The number of hydrogen-bond donors (Lipinski definition) is 2. The number of aromatic nitrogens is 4. The van der Waals surface area contributed by atoms with Crippen LogP contribution in [0.3, 0.4) is 0 Å². The molecule has 7 heteroatoms. The van der Waals surface area contributed by atoms with Crippen molar-refractivity contribution >= 4 is 5.91 Å². The largest absolute Gasteiger partial charge is 0.393 e. The fraction of sp³-hybridized carbons (Fsp3) is 0.600. The van der Waals surface area contributed by atoms with Crippen LogP contribution >= 0.6 is 0 Å². The lowest BCUT2D eigenvalue weighted by atomic mass is 9.86. The molecule has 0 saturated heterocycles. The molecule has 2 aliphatic rings. The summed E-state index contributed by atoms with van der Waals surface area (Å²) >= 11 is 0. The summed E-state index contributed by atoms with van der Waals surface area (Å²) in [6.07, 6.45) is 14.1. The van der Waals surface area contributed by atoms with Crippen molar-refractivity contribution in [2.45, 2.75) is 69.6 Å². The maximum absolute atomic E-state index is 12.5. The van der Waals surface area contributed by atoms with Gasteiger partial charge in [0.15, 0.2) is 0 Å². The molecular formula is C20H27N5O2. The number of nitrogens with one attached hydrogen (secondary N) is 1. The number of hydrogen-bond acceptors (Lipinski definition) is 5. The van der Waals surface area contributed by atoms with Gasteiger partial charge in [-0.25, -0.2) is 9.97 Å². The zero-order chi connectivity index (χ0) is 18.6. The predicted molar refractivity (Wildman–Crippen MR) is 101 cm³/mol. The summed E-state index contributed by atoms with van der Waals surface area (Å²) in [4.78, 5) is 20.7. The molecule has 2 aromatic heterocycles. The quantitative estimate of drug-likeness (QED) is 0.864. The fourth-order valence-corrected chi connectivity index (χ4v) is 4.27. The van der Waals surface area contributed by atoms with E-state index in [2.05, 4.69) is 26.6 Å². The van der Waals surface area contributed by atoms with Crippen LogP contribution in [0.4, 0.5) is 0 Å². The van der Waals surface area contributed by atoms with Crippen LogP contribution in [0.5, 0.6) is 0 Å². The highest BCUT2D eigenvalue weighted by atomic mass is 16.3. The Morgan fingerprint density at radius 1 is 1.11 bits per heavy atom. The highest BCUT2D eigenvalue weighted by Gasteiger charge is 2.29. The summed E-state index contributed by atoms with van der Waals surface area (Å²) in [5.74, 6) is 0.253. The van der Waals surface area contributed by atoms with E-state index in [1.165, 1.54) is 0 Å². The van der Waals surface area contributed by atoms with E-state index in [0.717, 1.165) is 62.6 Å². The highest BCUT2D eigenvalue weighted by Crippen LogP contribution is 2.30. The molecule has 7 nitrogen and oxygen atoms in total. The predicted octanol–water partition coefficient (Wildman–Crippen LogP) is 2.49. The van der Waals surface area contributed by atoms with Crippen molar-refractivity contribution in [2.24, 2.45) is 5.92 Å². The standard InChI is InChI=1S/C20H27N5O2/c26-18-7-1-14(2-8-18)20(27)24-16-3-5-17(6-4-16)25-12-15(11-23-25)19-9-10-21-13-22-19/h9-14,16-18,26H,1-8H2,(H,24,27). The van der Waals surface area contributed by atoms with Gasteiger partial charge in [-0.05, 0) is 57.4 Å². The van der Waals surface area contributed by atoms with E-state index in [-0.39, 0.29) is 24.0 Å². The van der Waals surface area contributed by atoms with E-state index in [0.29, 0.717) is 6.04 Å². The first-order chi connectivity index (χ1) is 13.2. The van der Waals surface area contributed by atoms with Gasteiger partial charge in [-0.1, -0.05) is 0 Å². The minimum Gasteiger partial charge on any atom is -0.393 e. The summed E-state index contributed by atoms with van der Waals surface area (Å²) in [5.41, 5.74) is 1.89. The first kappa shape index (κ1) is 18.1. The lowest BCUT2D eigenvalue weighted by Gasteiger charge is -2.31. The second-order valence-corrected chi connectivity index (χ2v) is 7.82. The van der Waals surface area contributed by atoms with E-state index in [9.17, 15) is 9.90 Å². The molecule has 0 unspecified atom stereocenters. The molecule has 0 atom stereocenters. The summed E-state index contributed by atoms with van der Waals surface area (Å²) in [6.45, 7) is 0. The van der Waals surface area contributed by atoms with Crippen LogP contribution in [0, 0.1) is 5.92 Å². The zero-order valence-corrected chi connectivity index (χ0v) is 15.5.